The summed E-state index contributed by atoms with van der Waals surface area (Å²) in [6.07, 6.45) is 1.53. The molecular formula is C9H9N3S. The molecule has 0 fully saturated rings. The highest BCUT2D eigenvalue weighted by Gasteiger charge is 2.10. The smallest absolute Gasteiger partial charge is 0.134 e. The fourth-order valence-electron chi connectivity index (χ4n) is 1.12. The molecule has 1 aromatic heterocycles. The van der Waals surface area contributed by atoms with E-state index in [-0.39, 0.29) is 6.04 Å². The van der Waals surface area contributed by atoms with Crippen LogP contribution in [0, 0.1) is 0 Å². The summed E-state index contributed by atoms with van der Waals surface area (Å²) in [6.45, 7) is 0. The van der Waals surface area contributed by atoms with Crippen LogP contribution in [0.1, 0.15) is 16.6 Å². The Kier molecular flexibility index (Phi) is 2.33. The lowest BCUT2D eigenvalue weighted by Crippen LogP contribution is -2.10. The van der Waals surface area contributed by atoms with E-state index in [1.54, 1.807) is 0 Å². The predicted molar refractivity (Wildman–Crippen MR) is 52.4 cm³/mol. The average Bonchev–Trinajstić information content (AvgIpc) is 2.71. The Bertz CT molecular complexity index is 358. The number of nitrogens with two attached hydrogens (primary N) is 1. The van der Waals surface area contributed by atoms with Crippen molar-refractivity contribution in [3.63, 3.8) is 0 Å². The monoisotopic (exact) mass is 191 g/mol. The van der Waals surface area contributed by atoms with Gasteiger partial charge >= 0.3 is 0 Å². The van der Waals surface area contributed by atoms with Crippen LogP contribution >= 0.6 is 11.5 Å². The molecule has 0 saturated heterocycles. The van der Waals surface area contributed by atoms with Gasteiger partial charge in [0, 0.05) is 0 Å². The molecule has 13 heavy (non-hydrogen) atoms. The van der Waals surface area contributed by atoms with Gasteiger partial charge < -0.3 is 5.73 Å². The van der Waals surface area contributed by atoms with E-state index in [4.69, 9.17) is 5.73 Å². The van der Waals surface area contributed by atoms with Crippen molar-refractivity contribution in [1.29, 1.82) is 0 Å². The molecule has 0 radical (unpaired) electrons. The van der Waals surface area contributed by atoms with Gasteiger partial charge in [-0.2, -0.15) is 4.37 Å². The topological polar surface area (TPSA) is 51.8 Å². The van der Waals surface area contributed by atoms with Crippen LogP contribution in [-0.4, -0.2) is 9.36 Å². The van der Waals surface area contributed by atoms with Crippen molar-refractivity contribution < 1.29 is 0 Å². The van der Waals surface area contributed by atoms with Gasteiger partial charge in [0.15, 0.2) is 0 Å². The van der Waals surface area contributed by atoms with Crippen LogP contribution in [0.25, 0.3) is 0 Å². The van der Waals surface area contributed by atoms with Gasteiger partial charge in [-0.15, -0.1) is 0 Å². The first-order valence-electron chi connectivity index (χ1n) is 3.95. The maximum absolute atomic E-state index is 5.97. The van der Waals surface area contributed by atoms with E-state index in [9.17, 15) is 0 Å². The minimum Gasteiger partial charge on any atom is -0.318 e. The Hall–Kier alpha value is -1.26. The van der Waals surface area contributed by atoms with Gasteiger partial charge in [0.1, 0.15) is 11.3 Å². The molecule has 2 aromatic rings. The zero-order valence-corrected chi connectivity index (χ0v) is 7.74. The third-order valence-electron chi connectivity index (χ3n) is 1.80. The van der Waals surface area contributed by atoms with Crippen molar-refractivity contribution in [3.05, 3.63) is 47.2 Å². The van der Waals surface area contributed by atoms with Crippen molar-refractivity contribution in [2.45, 2.75) is 6.04 Å². The molecule has 2 rings (SSSR count). The molecule has 4 heteroatoms. The normalized spacial score (nSPS) is 12.7. The van der Waals surface area contributed by atoms with Crippen LogP contribution in [0.2, 0.25) is 0 Å². The van der Waals surface area contributed by atoms with E-state index in [0.29, 0.717) is 0 Å². The van der Waals surface area contributed by atoms with E-state index in [1.165, 1.54) is 17.9 Å². The summed E-state index contributed by atoms with van der Waals surface area (Å²) in [5.74, 6) is 0. The molecule has 0 saturated carbocycles. The first-order chi connectivity index (χ1) is 6.38. The Morgan fingerprint density at radius 2 is 2.00 bits per heavy atom. The summed E-state index contributed by atoms with van der Waals surface area (Å²) in [5, 5.41) is 0.853. The third kappa shape index (κ3) is 1.74. The SMILES string of the molecule is NC(c1ccccc1)c1ncns1. The van der Waals surface area contributed by atoms with Crippen molar-refractivity contribution in [2.75, 3.05) is 0 Å². The van der Waals surface area contributed by atoms with Gasteiger partial charge in [0.2, 0.25) is 0 Å². The summed E-state index contributed by atoms with van der Waals surface area (Å²) >= 11 is 1.34. The minimum absolute atomic E-state index is 0.145. The summed E-state index contributed by atoms with van der Waals surface area (Å²) in [5.41, 5.74) is 7.04. The molecule has 3 nitrogen and oxygen atoms in total. The predicted octanol–water partition coefficient (Wildman–Crippen LogP) is 1.59. The third-order valence-corrected chi connectivity index (χ3v) is 2.55. The molecule has 1 aromatic carbocycles. The van der Waals surface area contributed by atoms with Crippen molar-refractivity contribution >= 4 is 11.5 Å². The molecule has 1 atom stereocenters. The van der Waals surface area contributed by atoms with E-state index in [2.05, 4.69) is 9.36 Å². The van der Waals surface area contributed by atoms with Crippen LogP contribution in [-0.2, 0) is 0 Å². The van der Waals surface area contributed by atoms with Crippen LogP contribution in [0.3, 0.4) is 0 Å². The molecule has 0 amide bonds. The number of nitrogens with zero attached hydrogens (tertiary/aromatic N) is 2. The lowest BCUT2D eigenvalue weighted by atomic mass is 10.1. The second-order valence-electron chi connectivity index (χ2n) is 2.67. The van der Waals surface area contributed by atoms with Gasteiger partial charge in [0.05, 0.1) is 6.04 Å². The molecule has 0 aliphatic carbocycles. The molecule has 0 aliphatic heterocycles. The molecule has 1 heterocycles. The molecule has 66 valence electrons. The second-order valence-corrected chi connectivity index (χ2v) is 3.48. The highest BCUT2D eigenvalue weighted by atomic mass is 32.1. The van der Waals surface area contributed by atoms with Gasteiger partial charge in [-0.3, -0.25) is 0 Å². The second kappa shape index (κ2) is 3.64. The first-order valence-corrected chi connectivity index (χ1v) is 4.72. The lowest BCUT2D eigenvalue weighted by molar-refractivity contribution is 0.857. The van der Waals surface area contributed by atoms with Crippen molar-refractivity contribution in [3.8, 4) is 0 Å². The summed E-state index contributed by atoms with van der Waals surface area (Å²) in [4.78, 5) is 4.07. The summed E-state index contributed by atoms with van der Waals surface area (Å²) in [7, 11) is 0. The molecular weight excluding hydrogens is 182 g/mol. The van der Waals surface area contributed by atoms with Crippen LogP contribution < -0.4 is 5.73 Å². The Labute approximate surface area is 80.4 Å². The standard InChI is InChI=1S/C9H9N3S/c10-8(9-11-6-12-13-9)7-4-2-1-3-5-7/h1-6,8H,10H2. The highest BCUT2D eigenvalue weighted by molar-refractivity contribution is 7.05. The lowest BCUT2D eigenvalue weighted by Gasteiger charge is -2.06. The molecule has 0 aliphatic rings. The zero-order chi connectivity index (χ0) is 9.10. The van der Waals surface area contributed by atoms with Crippen molar-refractivity contribution in [2.24, 2.45) is 5.73 Å². The van der Waals surface area contributed by atoms with Crippen LogP contribution in [0.15, 0.2) is 36.7 Å². The maximum Gasteiger partial charge on any atom is 0.134 e. The largest absolute Gasteiger partial charge is 0.318 e. The number of hydrogen-bond acceptors (Lipinski definition) is 4. The highest BCUT2D eigenvalue weighted by Crippen LogP contribution is 2.18. The van der Waals surface area contributed by atoms with Crippen molar-refractivity contribution in [1.82, 2.24) is 9.36 Å². The number of rotatable bonds is 2. The Morgan fingerprint density at radius 1 is 1.23 bits per heavy atom. The van der Waals surface area contributed by atoms with E-state index < -0.39 is 0 Å². The van der Waals surface area contributed by atoms with E-state index >= 15 is 0 Å². The first kappa shape index (κ1) is 8.34. The molecule has 2 N–H and O–H groups in total. The quantitative estimate of drug-likeness (QED) is 0.784. The number of aromatic nitrogens is 2. The number of hydrogen-bond donors (Lipinski definition) is 1. The Balaban J connectivity index is 2.29. The Morgan fingerprint density at radius 3 is 2.62 bits per heavy atom. The van der Waals surface area contributed by atoms with Gasteiger partial charge in [0.25, 0.3) is 0 Å². The zero-order valence-electron chi connectivity index (χ0n) is 6.92. The van der Waals surface area contributed by atoms with Gasteiger partial charge in [-0.25, -0.2) is 4.98 Å². The average molecular weight is 191 g/mol. The fourth-order valence-corrected chi connectivity index (χ4v) is 1.67. The van der Waals surface area contributed by atoms with Crippen LogP contribution in [0.4, 0.5) is 0 Å². The summed E-state index contributed by atoms with van der Waals surface area (Å²) < 4.78 is 3.92. The summed E-state index contributed by atoms with van der Waals surface area (Å²) in [6, 6.07) is 9.75. The maximum atomic E-state index is 5.97. The fraction of sp³-hybridized carbons (Fsp3) is 0.111. The molecule has 0 bridgehead atoms. The van der Waals surface area contributed by atoms with E-state index in [1.807, 2.05) is 30.3 Å². The van der Waals surface area contributed by atoms with Gasteiger partial charge in [-0.1, -0.05) is 30.3 Å². The van der Waals surface area contributed by atoms with E-state index in [0.717, 1.165) is 10.6 Å². The van der Waals surface area contributed by atoms with Crippen LogP contribution in [0.5, 0.6) is 0 Å². The van der Waals surface area contributed by atoms with Gasteiger partial charge in [-0.05, 0) is 17.1 Å². The number of benzene rings is 1. The molecule has 1 unspecified atom stereocenters. The molecule has 0 spiro atoms. The minimum atomic E-state index is -0.145.